The van der Waals surface area contributed by atoms with Crippen LogP contribution in [0.25, 0.3) is 0 Å². The Labute approximate surface area is 59.1 Å². The van der Waals surface area contributed by atoms with Gasteiger partial charge in [0, 0.05) is 13.1 Å². The minimum atomic E-state index is -2.66. The Morgan fingerprint density at radius 3 is 1.70 bits per heavy atom. The SMILES string of the molecule is O=P(=O)N(CCO)CCO. The summed E-state index contributed by atoms with van der Waals surface area (Å²) in [6.07, 6.45) is 0. The molecule has 0 aliphatic rings. The molecule has 0 fully saturated rings. The van der Waals surface area contributed by atoms with Crippen LogP contribution < -0.4 is 0 Å². The molecular weight excluding hydrogens is 157 g/mol. The lowest BCUT2D eigenvalue weighted by molar-refractivity contribution is 0.215. The molecule has 0 aromatic carbocycles. The largest absolute Gasteiger partial charge is 0.398 e. The van der Waals surface area contributed by atoms with Crippen molar-refractivity contribution >= 4 is 7.83 Å². The van der Waals surface area contributed by atoms with Crippen molar-refractivity contribution in [2.75, 3.05) is 26.3 Å². The standard InChI is InChI=1S/C4H10NO4P/c6-3-1-5(2-4-7)10(8)9/h6-7H,1-4H2. The summed E-state index contributed by atoms with van der Waals surface area (Å²) in [7, 11) is -2.66. The lowest BCUT2D eigenvalue weighted by atomic mass is 10.6. The molecule has 0 rings (SSSR count). The van der Waals surface area contributed by atoms with Crippen molar-refractivity contribution in [3.05, 3.63) is 0 Å². The molecule has 0 atom stereocenters. The molecule has 0 saturated carbocycles. The molecule has 0 saturated heterocycles. The van der Waals surface area contributed by atoms with E-state index in [0.717, 1.165) is 4.67 Å². The number of rotatable bonds is 5. The van der Waals surface area contributed by atoms with Crippen LogP contribution in [-0.2, 0) is 9.13 Å². The highest BCUT2D eigenvalue weighted by Crippen LogP contribution is 2.10. The Morgan fingerprint density at radius 1 is 1.10 bits per heavy atom. The average Bonchev–Trinajstić information content (AvgIpc) is 1.87. The summed E-state index contributed by atoms with van der Waals surface area (Å²) in [5, 5.41) is 16.6. The van der Waals surface area contributed by atoms with E-state index in [4.69, 9.17) is 10.2 Å². The van der Waals surface area contributed by atoms with Crippen LogP contribution in [0.1, 0.15) is 0 Å². The maximum absolute atomic E-state index is 10.2. The first-order chi connectivity index (χ1) is 4.72. The summed E-state index contributed by atoms with van der Waals surface area (Å²) in [6.45, 7) is -0.328. The molecule has 0 aromatic rings. The zero-order valence-electron chi connectivity index (χ0n) is 5.43. The van der Waals surface area contributed by atoms with Crippen molar-refractivity contribution in [3.63, 3.8) is 0 Å². The first kappa shape index (κ1) is 9.78. The quantitative estimate of drug-likeness (QED) is 0.532. The minimum Gasteiger partial charge on any atom is -0.395 e. The van der Waals surface area contributed by atoms with E-state index in [9.17, 15) is 9.13 Å². The van der Waals surface area contributed by atoms with Crippen LogP contribution in [0.4, 0.5) is 0 Å². The fourth-order valence-corrected chi connectivity index (χ4v) is 1.01. The van der Waals surface area contributed by atoms with Crippen molar-refractivity contribution in [1.82, 2.24) is 4.67 Å². The molecule has 0 amide bonds. The molecule has 0 aliphatic heterocycles. The zero-order chi connectivity index (χ0) is 7.98. The molecule has 2 N–H and O–H groups in total. The highest BCUT2D eigenvalue weighted by atomic mass is 31.1. The monoisotopic (exact) mass is 167 g/mol. The van der Waals surface area contributed by atoms with Gasteiger partial charge in [0.1, 0.15) is 0 Å². The van der Waals surface area contributed by atoms with Gasteiger partial charge in [-0.25, -0.2) is 9.13 Å². The molecule has 0 bridgehead atoms. The predicted molar refractivity (Wildman–Crippen MR) is 34.0 cm³/mol. The van der Waals surface area contributed by atoms with Crippen molar-refractivity contribution in [1.29, 1.82) is 0 Å². The summed E-state index contributed by atoms with van der Waals surface area (Å²) in [5.74, 6) is 0. The van der Waals surface area contributed by atoms with Gasteiger partial charge in [0.25, 0.3) is 0 Å². The molecule has 6 heteroatoms. The highest BCUT2D eigenvalue weighted by Gasteiger charge is 2.06. The van der Waals surface area contributed by atoms with Crippen LogP contribution in [0.3, 0.4) is 0 Å². The van der Waals surface area contributed by atoms with Gasteiger partial charge in [-0.3, -0.25) is 0 Å². The van der Waals surface area contributed by atoms with Gasteiger partial charge in [0.15, 0.2) is 0 Å². The van der Waals surface area contributed by atoms with E-state index in [1.807, 2.05) is 0 Å². The average molecular weight is 167 g/mol. The first-order valence-electron chi connectivity index (χ1n) is 2.83. The van der Waals surface area contributed by atoms with E-state index in [-0.39, 0.29) is 26.3 Å². The molecule has 0 heterocycles. The second kappa shape index (κ2) is 5.56. The van der Waals surface area contributed by atoms with E-state index in [0.29, 0.717) is 0 Å². The van der Waals surface area contributed by atoms with Gasteiger partial charge in [0.05, 0.1) is 13.2 Å². The maximum Gasteiger partial charge on any atom is 0.398 e. The number of aliphatic hydroxyl groups is 2. The Bertz CT molecular complexity index is 132. The van der Waals surface area contributed by atoms with E-state index < -0.39 is 7.83 Å². The summed E-state index contributed by atoms with van der Waals surface area (Å²) >= 11 is 0. The normalized spacial score (nSPS) is 10.3. The van der Waals surface area contributed by atoms with Crippen LogP contribution >= 0.6 is 7.83 Å². The van der Waals surface area contributed by atoms with Crippen LogP contribution in [0.5, 0.6) is 0 Å². The fourth-order valence-electron chi connectivity index (χ4n) is 0.506. The van der Waals surface area contributed by atoms with Crippen molar-refractivity contribution < 1.29 is 19.3 Å². The molecule has 0 aromatic heterocycles. The lowest BCUT2D eigenvalue weighted by Gasteiger charge is -2.08. The van der Waals surface area contributed by atoms with Crippen molar-refractivity contribution in [3.8, 4) is 0 Å². The third kappa shape index (κ3) is 3.74. The van der Waals surface area contributed by atoms with Crippen LogP contribution in [-0.4, -0.2) is 41.2 Å². The van der Waals surface area contributed by atoms with Crippen LogP contribution in [0.15, 0.2) is 0 Å². The van der Waals surface area contributed by atoms with Gasteiger partial charge in [0.2, 0.25) is 0 Å². The van der Waals surface area contributed by atoms with Crippen molar-refractivity contribution in [2.45, 2.75) is 0 Å². The summed E-state index contributed by atoms with van der Waals surface area (Å²) < 4.78 is 21.4. The summed E-state index contributed by atoms with van der Waals surface area (Å²) in [6, 6.07) is 0. The summed E-state index contributed by atoms with van der Waals surface area (Å²) in [5.41, 5.74) is 0. The molecule has 0 spiro atoms. The van der Waals surface area contributed by atoms with Crippen LogP contribution in [0.2, 0.25) is 0 Å². The number of hydrogen-bond acceptors (Lipinski definition) is 4. The Kier molecular flexibility index (Phi) is 5.43. The van der Waals surface area contributed by atoms with Gasteiger partial charge in [-0.05, 0) is 0 Å². The van der Waals surface area contributed by atoms with Gasteiger partial charge < -0.3 is 10.2 Å². The van der Waals surface area contributed by atoms with E-state index >= 15 is 0 Å². The van der Waals surface area contributed by atoms with Crippen molar-refractivity contribution in [2.24, 2.45) is 0 Å². The van der Waals surface area contributed by atoms with Gasteiger partial charge >= 0.3 is 7.83 Å². The molecule has 0 radical (unpaired) electrons. The van der Waals surface area contributed by atoms with Gasteiger partial charge in [-0.15, -0.1) is 0 Å². The number of aliphatic hydroxyl groups excluding tert-OH is 2. The Balaban J connectivity index is 3.73. The number of hydrogen-bond donors (Lipinski definition) is 2. The van der Waals surface area contributed by atoms with E-state index in [1.54, 1.807) is 0 Å². The van der Waals surface area contributed by atoms with Gasteiger partial charge in [-0.1, -0.05) is 0 Å². The zero-order valence-corrected chi connectivity index (χ0v) is 6.33. The Hall–Kier alpha value is -0.220. The Morgan fingerprint density at radius 2 is 1.50 bits per heavy atom. The van der Waals surface area contributed by atoms with E-state index in [2.05, 4.69) is 0 Å². The third-order valence-corrected chi connectivity index (χ3v) is 1.81. The molecule has 60 valence electrons. The highest BCUT2D eigenvalue weighted by molar-refractivity contribution is 7.27. The molecule has 10 heavy (non-hydrogen) atoms. The maximum atomic E-state index is 10.2. The number of nitrogens with zero attached hydrogens (tertiary/aromatic N) is 1. The van der Waals surface area contributed by atoms with Gasteiger partial charge in [-0.2, -0.15) is 4.67 Å². The minimum absolute atomic E-state index is 0.0548. The first-order valence-corrected chi connectivity index (χ1v) is 3.96. The summed E-state index contributed by atoms with van der Waals surface area (Å²) in [4.78, 5) is 0. The topological polar surface area (TPSA) is 77.8 Å². The van der Waals surface area contributed by atoms with Crippen LogP contribution in [0, 0.1) is 0 Å². The lowest BCUT2D eigenvalue weighted by Crippen LogP contribution is -2.21. The van der Waals surface area contributed by atoms with E-state index in [1.165, 1.54) is 0 Å². The fraction of sp³-hybridized carbons (Fsp3) is 1.00. The molecule has 0 unspecified atom stereocenters. The molecule has 5 nitrogen and oxygen atoms in total. The second-order valence-corrected chi connectivity index (χ2v) is 2.68. The second-order valence-electron chi connectivity index (χ2n) is 1.64. The predicted octanol–water partition coefficient (Wildman–Crippen LogP) is -0.639. The molecule has 0 aliphatic carbocycles. The third-order valence-electron chi connectivity index (χ3n) is 0.947. The molecular formula is C4H10NO4P. The smallest absolute Gasteiger partial charge is 0.395 e.